The molecule has 0 saturated heterocycles. The number of hydrogen-bond donors (Lipinski definition) is 1. The standard InChI is InChI=1S/C19H14N4S/c20-19-21-17(15-11-10-13-6-4-5-7-14(13)12-15)18(24-19)23-22-16-8-2-1-3-9-16/h1-12H,(H2,20,21). The van der Waals surface area contributed by atoms with Crippen molar-refractivity contribution >= 4 is 37.9 Å². The summed E-state index contributed by atoms with van der Waals surface area (Å²) in [6, 6.07) is 24.1. The highest BCUT2D eigenvalue weighted by molar-refractivity contribution is 7.19. The molecule has 4 nitrogen and oxygen atoms in total. The Morgan fingerprint density at radius 2 is 1.54 bits per heavy atom. The number of benzene rings is 3. The number of hydrogen-bond acceptors (Lipinski definition) is 5. The molecule has 0 aliphatic carbocycles. The average Bonchev–Trinajstić information content (AvgIpc) is 3.01. The fourth-order valence-corrected chi connectivity index (χ4v) is 3.20. The first kappa shape index (κ1) is 14.5. The Morgan fingerprint density at radius 1 is 0.792 bits per heavy atom. The SMILES string of the molecule is Nc1nc(-c2ccc3ccccc3c2)c(N=Nc2ccccc2)s1. The third-order valence-corrected chi connectivity index (χ3v) is 4.43. The van der Waals surface area contributed by atoms with Crippen LogP contribution in [-0.2, 0) is 0 Å². The van der Waals surface area contributed by atoms with Crippen LogP contribution in [0.15, 0.2) is 83.0 Å². The lowest BCUT2D eigenvalue weighted by Gasteiger charge is -2.02. The molecule has 0 saturated carbocycles. The van der Waals surface area contributed by atoms with Crippen molar-refractivity contribution in [3.63, 3.8) is 0 Å². The minimum atomic E-state index is 0.486. The summed E-state index contributed by atoms with van der Waals surface area (Å²) in [5, 5.41) is 12.2. The van der Waals surface area contributed by atoms with E-state index in [-0.39, 0.29) is 0 Å². The summed E-state index contributed by atoms with van der Waals surface area (Å²) in [5.74, 6) is 0. The largest absolute Gasteiger partial charge is 0.375 e. The van der Waals surface area contributed by atoms with E-state index in [9.17, 15) is 0 Å². The topological polar surface area (TPSA) is 63.6 Å². The number of thiazole rings is 1. The molecule has 3 aromatic carbocycles. The summed E-state index contributed by atoms with van der Waals surface area (Å²) in [6.07, 6.45) is 0. The van der Waals surface area contributed by atoms with Crippen LogP contribution >= 0.6 is 11.3 Å². The third-order valence-electron chi connectivity index (χ3n) is 3.66. The van der Waals surface area contributed by atoms with Crippen LogP contribution in [0.4, 0.5) is 15.8 Å². The molecule has 0 bridgehead atoms. The zero-order valence-electron chi connectivity index (χ0n) is 12.8. The minimum absolute atomic E-state index is 0.486. The van der Waals surface area contributed by atoms with Crippen LogP contribution in [0.2, 0.25) is 0 Å². The highest BCUT2D eigenvalue weighted by Gasteiger charge is 2.12. The van der Waals surface area contributed by atoms with Gasteiger partial charge in [-0.15, -0.1) is 10.2 Å². The Balaban J connectivity index is 1.76. The van der Waals surface area contributed by atoms with Crippen LogP contribution in [0.5, 0.6) is 0 Å². The van der Waals surface area contributed by atoms with Gasteiger partial charge in [-0.3, -0.25) is 0 Å². The van der Waals surface area contributed by atoms with Crippen molar-refractivity contribution in [2.24, 2.45) is 10.2 Å². The first-order valence-electron chi connectivity index (χ1n) is 7.52. The maximum atomic E-state index is 5.90. The molecule has 1 heterocycles. The molecule has 0 fully saturated rings. The summed E-state index contributed by atoms with van der Waals surface area (Å²) >= 11 is 1.34. The molecule has 1 aromatic heterocycles. The van der Waals surface area contributed by atoms with E-state index >= 15 is 0 Å². The number of nitrogens with zero attached hydrogens (tertiary/aromatic N) is 3. The number of fused-ring (bicyclic) bond motifs is 1. The number of nitrogen functional groups attached to an aromatic ring is 1. The summed E-state index contributed by atoms with van der Waals surface area (Å²) < 4.78 is 0. The first-order valence-corrected chi connectivity index (χ1v) is 8.33. The zero-order chi connectivity index (χ0) is 16.4. The Bertz CT molecular complexity index is 1020. The number of rotatable bonds is 3. The molecule has 4 rings (SSSR count). The summed E-state index contributed by atoms with van der Waals surface area (Å²) in [6.45, 7) is 0. The van der Waals surface area contributed by atoms with E-state index in [0.29, 0.717) is 10.1 Å². The van der Waals surface area contributed by atoms with Crippen molar-refractivity contribution in [1.29, 1.82) is 0 Å². The van der Waals surface area contributed by atoms with Gasteiger partial charge in [0.25, 0.3) is 0 Å². The molecule has 0 aliphatic rings. The van der Waals surface area contributed by atoms with E-state index in [4.69, 9.17) is 5.73 Å². The Hall–Kier alpha value is -3.05. The Kier molecular flexibility index (Phi) is 3.76. The monoisotopic (exact) mass is 330 g/mol. The third kappa shape index (κ3) is 2.89. The van der Waals surface area contributed by atoms with Crippen molar-refractivity contribution < 1.29 is 0 Å². The van der Waals surface area contributed by atoms with Gasteiger partial charge in [-0.1, -0.05) is 65.9 Å². The second-order valence-corrected chi connectivity index (χ2v) is 6.31. The minimum Gasteiger partial charge on any atom is -0.375 e. The van der Waals surface area contributed by atoms with Gasteiger partial charge in [0.1, 0.15) is 5.69 Å². The van der Waals surface area contributed by atoms with Gasteiger partial charge < -0.3 is 5.73 Å². The van der Waals surface area contributed by atoms with Crippen LogP contribution in [0.25, 0.3) is 22.0 Å². The lowest BCUT2D eigenvalue weighted by atomic mass is 10.1. The van der Waals surface area contributed by atoms with Gasteiger partial charge in [-0.05, 0) is 29.0 Å². The smallest absolute Gasteiger partial charge is 0.182 e. The number of aromatic nitrogens is 1. The van der Waals surface area contributed by atoms with Crippen LogP contribution in [0.3, 0.4) is 0 Å². The maximum Gasteiger partial charge on any atom is 0.182 e. The van der Waals surface area contributed by atoms with E-state index in [1.807, 2.05) is 48.5 Å². The van der Waals surface area contributed by atoms with E-state index in [1.165, 1.54) is 16.7 Å². The van der Waals surface area contributed by atoms with Crippen LogP contribution in [-0.4, -0.2) is 4.98 Å². The van der Waals surface area contributed by atoms with Crippen LogP contribution in [0, 0.1) is 0 Å². The number of anilines is 1. The first-order chi connectivity index (χ1) is 11.8. The summed E-state index contributed by atoms with van der Waals surface area (Å²) in [7, 11) is 0. The lowest BCUT2D eigenvalue weighted by molar-refractivity contribution is 1.24. The molecular weight excluding hydrogens is 316 g/mol. The van der Waals surface area contributed by atoms with Crippen LogP contribution in [0.1, 0.15) is 0 Å². The van der Waals surface area contributed by atoms with Crippen molar-refractivity contribution in [3.05, 3.63) is 72.8 Å². The molecule has 0 atom stereocenters. The molecule has 116 valence electrons. The molecule has 0 spiro atoms. The maximum absolute atomic E-state index is 5.90. The molecule has 0 unspecified atom stereocenters. The molecule has 0 aliphatic heterocycles. The second kappa shape index (κ2) is 6.22. The van der Waals surface area contributed by atoms with Crippen molar-refractivity contribution in [3.8, 4) is 11.3 Å². The van der Waals surface area contributed by atoms with E-state index in [2.05, 4.69) is 39.5 Å². The zero-order valence-corrected chi connectivity index (χ0v) is 13.6. The molecule has 4 aromatic rings. The fraction of sp³-hybridized carbons (Fsp3) is 0. The van der Waals surface area contributed by atoms with Gasteiger partial charge in [-0.2, -0.15) is 0 Å². The van der Waals surface area contributed by atoms with Crippen molar-refractivity contribution in [2.75, 3.05) is 5.73 Å². The van der Waals surface area contributed by atoms with E-state index in [1.54, 1.807) is 0 Å². The van der Waals surface area contributed by atoms with Gasteiger partial charge in [0.15, 0.2) is 10.1 Å². The second-order valence-electron chi connectivity index (χ2n) is 5.30. The van der Waals surface area contributed by atoms with Gasteiger partial charge >= 0.3 is 0 Å². The van der Waals surface area contributed by atoms with Gasteiger partial charge in [0.2, 0.25) is 0 Å². The average molecular weight is 330 g/mol. The van der Waals surface area contributed by atoms with E-state index in [0.717, 1.165) is 22.3 Å². The quantitative estimate of drug-likeness (QED) is 0.471. The Labute approximate surface area is 143 Å². The Morgan fingerprint density at radius 3 is 2.38 bits per heavy atom. The van der Waals surface area contributed by atoms with Gasteiger partial charge in [0.05, 0.1) is 5.69 Å². The normalized spacial score (nSPS) is 11.3. The molecule has 24 heavy (non-hydrogen) atoms. The molecule has 5 heteroatoms. The van der Waals surface area contributed by atoms with Crippen molar-refractivity contribution in [2.45, 2.75) is 0 Å². The van der Waals surface area contributed by atoms with Gasteiger partial charge in [-0.25, -0.2) is 4.98 Å². The molecule has 0 radical (unpaired) electrons. The number of azo groups is 1. The highest BCUT2D eigenvalue weighted by Crippen LogP contribution is 2.38. The predicted molar refractivity (Wildman–Crippen MR) is 100 cm³/mol. The summed E-state index contributed by atoms with van der Waals surface area (Å²) in [5.41, 5.74) is 8.46. The molecule has 0 amide bonds. The molecule has 2 N–H and O–H groups in total. The highest BCUT2D eigenvalue weighted by atomic mass is 32.1. The summed E-state index contributed by atoms with van der Waals surface area (Å²) in [4.78, 5) is 4.44. The van der Waals surface area contributed by atoms with E-state index < -0.39 is 0 Å². The number of nitrogens with two attached hydrogens (primary N) is 1. The fourth-order valence-electron chi connectivity index (χ4n) is 2.52. The molecular formula is C19H14N4S. The lowest BCUT2D eigenvalue weighted by Crippen LogP contribution is -1.83. The predicted octanol–water partition coefficient (Wildman–Crippen LogP) is 5.96. The van der Waals surface area contributed by atoms with Crippen LogP contribution < -0.4 is 5.73 Å². The van der Waals surface area contributed by atoms with Crippen molar-refractivity contribution in [1.82, 2.24) is 4.98 Å². The van der Waals surface area contributed by atoms with Gasteiger partial charge in [0, 0.05) is 5.56 Å².